The number of aromatic nitrogens is 3. The van der Waals surface area contributed by atoms with E-state index in [1.807, 2.05) is 20.0 Å². The maximum absolute atomic E-state index is 15.3. The number of likely N-dealkylation sites (N-methyl/N-ethyl adjacent to an activating group) is 1. The lowest BCUT2D eigenvalue weighted by Crippen LogP contribution is -2.71. The number of nitrogens with zero attached hydrogens (tertiary/aromatic N) is 3. The second kappa shape index (κ2) is 13.0. The van der Waals surface area contributed by atoms with Gasteiger partial charge in [-0.2, -0.15) is 5.10 Å². The van der Waals surface area contributed by atoms with Crippen molar-refractivity contribution in [1.29, 1.82) is 0 Å². The van der Waals surface area contributed by atoms with Crippen LogP contribution in [0.2, 0.25) is 0 Å². The quantitative estimate of drug-likeness (QED) is 0.266. The lowest BCUT2D eigenvalue weighted by atomic mass is 9.34. The van der Waals surface area contributed by atoms with Crippen molar-refractivity contribution in [3.63, 3.8) is 0 Å². The molecule has 52 heavy (non-hydrogen) atoms. The summed E-state index contributed by atoms with van der Waals surface area (Å²) in [6.07, 6.45) is 6.77. The van der Waals surface area contributed by atoms with Crippen LogP contribution in [0, 0.1) is 62.6 Å². The van der Waals surface area contributed by atoms with Crippen molar-refractivity contribution in [1.82, 2.24) is 25.4 Å². The zero-order chi connectivity index (χ0) is 38.4. The third-order valence-corrected chi connectivity index (χ3v) is 16.6. The molecule has 11 heteroatoms. The van der Waals surface area contributed by atoms with Gasteiger partial charge in [-0.25, -0.2) is 9.67 Å². The number of hydrogen-bond acceptors (Lipinski definition) is 8. The average Bonchev–Trinajstić information content (AvgIpc) is 3.58. The van der Waals surface area contributed by atoms with Gasteiger partial charge in [0.05, 0.1) is 37.9 Å². The number of ether oxygens (including phenoxy) is 2. The smallest absolute Gasteiger partial charge is 0.308 e. The summed E-state index contributed by atoms with van der Waals surface area (Å²) in [6.45, 7) is 22.9. The molecule has 4 aliphatic carbocycles. The minimum Gasteiger partial charge on any atom is -0.481 e. The molecule has 6 rings (SSSR count). The van der Waals surface area contributed by atoms with E-state index in [1.165, 1.54) is 6.33 Å². The predicted octanol–water partition coefficient (Wildman–Crippen LogP) is 5.97. The first-order chi connectivity index (χ1) is 24.2. The Bertz CT molecular complexity index is 1620. The van der Waals surface area contributed by atoms with Crippen molar-refractivity contribution in [2.24, 2.45) is 62.6 Å². The molecule has 3 N–H and O–H groups in total. The van der Waals surface area contributed by atoms with Crippen molar-refractivity contribution in [3.8, 4) is 0 Å². The number of ketones is 1. The van der Waals surface area contributed by atoms with Gasteiger partial charge in [0.1, 0.15) is 6.33 Å². The van der Waals surface area contributed by atoms with Crippen molar-refractivity contribution in [3.05, 3.63) is 23.8 Å². The number of carboxylic acids is 1. The summed E-state index contributed by atoms with van der Waals surface area (Å²) in [5.74, 6) is -1.13. The number of fused-ring (bicyclic) bond motifs is 3. The number of carboxylic acid groups (broad SMARTS) is 1. The summed E-state index contributed by atoms with van der Waals surface area (Å²) in [6, 6.07) is -0.364. The summed E-state index contributed by atoms with van der Waals surface area (Å²) in [5.41, 5.74) is -2.55. The van der Waals surface area contributed by atoms with Gasteiger partial charge in [-0.05, 0) is 98.0 Å². The summed E-state index contributed by atoms with van der Waals surface area (Å²) in [5, 5.41) is 22.1. The molecule has 1 saturated heterocycles. The average molecular weight is 724 g/mol. The number of hydrogen-bond donors (Lipinski definition) is 3. The maximum atomic E-state index is 15.3. The van der Waals surface area contributed by atoms with Gasteiger partial charge in [-0.3, -0.25) is 14.4 Å². The molecule has 1 aliphatic heterocycles. The standard InChI is InChI=1S/C41H65N5O6/c1-23(2)25(5)37(7)15-16-38(8)26-13-14-29-36(6)18-28(46-33(34(48)42-11)44-22-45-46)32(52-20-39(9,43-12)24(3)4)41(29,21-51-19-36)27(26)17-30(47)40(38,10)31(37)35(49)50/h17,22-26,28-29,31-32,43H,13-16,18-21H2,1-12H3,(H,42,48)(H,49,50)/t25-,26+,28-,29-,31-,32+,36-,37-,38-,39+,40+,41+/m1/s1. The molecule has 12 atom stereocenters. The molecule has 1 amide bonds. The van der Waals surface area contributed by atoms with Gasteiger partial charge in [0, 0.05) is 23.4 Å². The van der Waals surface area contributed by atoms with Gasteiger partial charge in [0.15, 0.2) is 5.78 Å². The van der Waals surface area contributed by atoms with Crippen molar-refractivity contribution < 1.29 is 29.0 Å². The number of rotatable bonds is 10. The lowest BCUT2D eigenvalue weighted by molar-refractivity contribution is -0.253. The normalized spacial score (nSPS) is 41.7. The molecule has 0 spiro atoms. The maximum Gasteiger partial charge on any atom is 0.308 e. The van der Waals surface area contributed by atoms with Crippen molar-refractivity contribution in [2.45, 2.75) is 119 Å². The molecule has 1 aromatic heterocycles. The molecule has 5 aliphatic rings. The Morgan fingerprint density at radius 3 is 2.38 bits per heavy atom. The fourth-order valence-corrected chi connectivity index (χ4v) is 12.4. The molecule has 2 bridgehead atoms. The van der Waals surface area contributed by atoms with E-state index in [0.29, 0.717) is 26.2 Å². The van der Waals surface area contributed by atoms with Crippen LogP contribution in [0.25, 0.3) is 0 Å². The second-order valence-corrected chi connectivity index (χ2v) is 19.2. The van der Waals surface area contributed by atoms with E-state index >= 15 is 4.79 Å². The first kappa shape index (κ1) is 39.1. The molecule has 11 nitrogen and oxygen atoms in total. The Hall–Kier alpha value is -2.63. The molecular formula is C41H65N5O6. The predicted molar refractivity (Wildman–Crippen MR) is 198 cm³/mol. The van der Waals surface area contributed by atoms with Crippen LogP contribution in [0.5, 0.6) is 0 Å². The summed E-state index contributed by atoms with van der Waals surface area (Å²) in [7, 11) is 3.56. The van der Waals surface area contributed by atoms with Crippen LogP contribution in [0.15, 0.2) is 18.0 Å². The van der Waals surface area contributed by atoms with Gasteiger partial charge >= 0.3 is 5.97 Å². The Labute approximate surface area is 310 Å². The third kappa shape index (κ3) is 5.17. The fraction of sp³-hybridized carbons (Fsp3) is 0.829. The Morgan fingerprint density at radius 1 is 1.10 bits per heavy atom. The zero-order valence-electron chi connectivity index (χ0n) is 33.8. The van der Waals surface area contributed by atoms with Crippen LogP contribution >= 0.6 is 0 Å². The highest BCUT2D eigenvalue weighted by Crippen LogP contribution is 2.75. The van der Waals surface area contributed by atoms with E-state index in [9.17, 15) is 14.7 Å². The van der Waals surface area contributed by atoms with Crippen molar-refractivity contribution in [2.75, 3.05) is 33.9 Å². The summed E-state index contributed by atoms with van der Waals surface area (Å²) >= 11 is 0. The molecule has 290 valence electrons. The number of nitrogens with one attached hydrogen (secondary N) is 2. The molecule has 1 aromatic rings. The number of allylic oxidation sites excluding steroid dienone is 1. The highest BCUT2D eigenvalue weighted by molar-refractivity contribution is 6.00. The molecule has 3 saturated carbocycles. The van der Waals surface area contributed by atoms with Crippen LogP contribution in [0.4, 0.5) is 0 Å². The SMILES string of the molecule is CNC(=O)c1ncnn1[C@@H]1C[C@]2(C)COC[C@@]3(C4=CC(=O)[C@@]5(C)[C@H](C(=O)O)[C@@](C)([C@H](C)C(C)C)CC[C@]5(C)[C@H]4CC[C@H]23)[C@H]1OC[C@](C)(NC)C(C)C. The number of amides is 1. The Morgan fingerprint density at radius 2 is 1.79 bits per heavy atom. The number of carbonyl (C=O) groups is 3. The van der Waals surface area contributed by atoms with Crippen LogP contribution in [0.1, 0.15) is 118 Å². The van der Waals surface area contributed by atoms with Crippen LogP contribution in [-0.2, 0) is 19.1 Å². The fourth-order valence-electron chi connectivity index (χ4n) is 12.4. The third-order valence-electron chi connectivity index (χ3n) is 16.6. The van der Waals surface area contributed by atoms with Crippen molar-refractivity contribution >= 4 is 17.7 Å². The Balaban J connectivity index is 1.58. The van der Waals surface area contributed by atoms with E-state index in [0.717, 1.165) is 31.3 Å². The molecular weight excluding hydrogens is 658 g/mol. The van der Waals surface area contributed by atoms with E-state index in [1.54, 1.807) is 11.7 Å². The lowest BCUT2D eigenvalue weighted by Gasteiger charge is -2.71. The number of aliphatic carboxylic acids is 1. The van der Waals surface area contributed by atoms with Crippen LogP contribution in [-0.4, -0.2) is 83.1 Å². The Kier molecular flexibility index (Phi) is 9.77. The van der Waals surface area contributed by atoms with E-state index in [4.69, 9.17) is 14.6 Å². The van der Waals surface area contributed by atoms with Gasteiger partial charge in [0.25, 0.3) is 5.91 Å². The highest BCUT2D eigenvalue weighted by atomic mass is 16.5. The van der Waals surface area contributed by atoms with E-state index < -0.39 is 39.7 Å². The monoisotopic (exact) mass is 723 g/mol. The van der Waals surface area contributed by atoms with E-state index in [2.05, 4.69) is 77.9 Å². The summed E-state index contributed by atoms with van der Waals surface area (Å²) in [4.78, 5) is 46.5. The summed E-state index contributed by atoms with van der Waals surface area (Å²) < 4.78 is 15.7. The number of carbonyl (C=O) groups excluding carboxylic acids is 2. The van der Waals surface area contributed by atoms with Crippen LogP contribution < -0.4 is 10.6 Å². The molecule has 0 radical (unpaired) electrons. The molecule has 0 aromatic carbocycles. The van der Waals surface area contributed by atoms with Gasteiger partial charge in [0.2, 0.25) is 5.82 Å². The minimum absolute atomic E-state index is 0.0436. The van der Waals surface area contributed by atoms with Gasteiger partial charge in [-0.15, -0.1) is 0 Å². The molecule has 0 unspecified atom stereocenters. The van der Waals surface area contributed by atoms with Crippen LogP contribution in [0.3, 0.4) is 0 Å². The zero-order valence-corrected chi connectivity index (χ0v) is 33.8. The van der Waals surface area contributed by atoms with Gasteiger partial charge in [-0.1, -0.05) is 67.9 Å². The first-order valence-corrected chi connectivity index (χ1v) is 19.7. The molecule has 4 fully saturated rings. The second-order valence-electron chi connectivity index (χ2n) is 19.2. The largest absolute Gasteiger partial charge is 0.481 e. The van der Waals surface area contributed by atoms with E-state index in [-0.39, 0.29) is 64.1 Å². The first-order valence-electron chi connectivity index (χ1n) is 19.7. The minimum atomic E-state index is -1.10. The molecule has 2 heterocycles. The topological polar surface area (TPSA) is 145 Å². The van der Waals surface area contributed by atoms with Gasteiger partial charge < -0.3 is 25.2 Å². The highest BCUT2D eigenvalue weighted by Gasteiger charge is 2.74.